The predicted molar refractivity (Wildman–Crippen MR) is 35.1 cm³/mol. The van der Waals surface area contributed by atoms with Gasteiger partial charge in [-0.2, -0.15) is 0 Å². The van der Waals surface area contributed by atoms with E-state index in [2.05, 4.69) is 13.8 Å². The maximum atomic E-state index is 5.40. The first kappa shape index (κ1) is 7.03. The summed E-state index contributed by atoms with van der Waals surface area (Å²) < 4.78 is 10.5. The molecular weight excluding hydrogens is 116 g/mol. The van der Waals surface area contributed by atoms with Crippen molar-refractivity contribution < 1.29 is 9.47 Å². The van der Waals surface area contributed by atoms with E-state index in [1.807, 2.05) is 0 Å². The molecule has 1 aliphatic heterocycles. The number of hydrogen-bond acceptors (Lipinski definition) is 2. The molecule has 9 heavy (non-hydrogen) atoms. The second kappa shape index (κ2) is 2.67. The molecule has 0 bridgehead atoms. The number of methoxy groups -OCH3 is 1. The second-order valence-corrected chi connectivity index (χ2v) is 2.76. The van der Waals surface area contributed by atoms with Gasteiger partial charge in [-0.05, 0) is 13.3 Å². The highest BCUT2D eigenvalue weighted by atomic mass is 16.7. The quantitative estimate of drug-likeness (QED) is 0.534. The zero-order valence-corrected chi connectivity index (χ0v) is 6.26. The van der Waals surface area contributed by atoms with Crippen LogP contribution in [-0.4, -0.2) is 19.5 Å². The lowest BCUT2D eigenvalue weighted by Gasteiger charge is -2.11. The summed E-state index contributed by atoms with van der Waals surface area (Å²) in [5, 5.41) is 0. The smallest absolute Gasteiger partial charge is 0.160 e. The van der Waals surface area contributed by atoms with Gasteiger partial charge in [-0.1, -0.05) is 6.92 Å². The molecule has 0 aromatic carbocycles. The van der Waals surface area contributed by atoms with E-state index in [4.69, 9.17) is 9.47 Å². The Morgan fingerprint density at radius 1 is 1.44 bits per heavy atom. The molecular formula is C7H14O2. The highest BCUT2D eigenvalue weighted by molar-refractivity contribution is 4.70. The number of ether oxygens (including phenoxy) is 2. The van der Waals surface area contributed by atoms with Crippen molar-refractivity contribution in [1.82, 2.24) is 0 Å². The summed E-state index contributed by atoms with van der Waals surface area (Å²) in [7, 11) is 1.69. The fourth-order valence-corrected chi connectivity index (χ4v) is 1.34. The van der Waals surface area contributed by atoms with Crippen LogP contribution in [0.5, 0.6) is 0 Å². The van der Waals surface area contributed by atoms with Crippen LogP contribution in [0.15, 0.2) is 0 Å². The molecule has 0 aromatic heterocycles. The SMILES string of the molecule is COC1O[C@H](C)C[C@@H]1C. The molecule has 1 saturated heterocycles. The van der Waals surface area contributed by atoms with E-state index in [0.717, 1.165) is 6.42 Å². The molecule has 54 valence electrons. The molecule has 0 spiro atoms. The van der Waals surface area contributed by atoms with Crippen LogP contribution < -0.4 is 0 Å². The predicted octanol–water partition coefficient (Wildman–Crippen LogP) is 1.40. The Morgan fingerprint density at radius 2 is 2.11 bits per heavy atom. The zero-order chi connectivity index (χ0) is 6.85. The third kappa shape index (κ3) is 1.43. The minimum atomic E-state index is 0.0417. The van der Waals surface area contributed by atoms with Gasteiger partial charge in [-0.15, -0.1) is 0 Å². The normalized spacial score (nSPS) is 43.7. The summed E-state index contributed by atoms with van der Waals surface area (Å²) in [6.45, 7) is 4.23. The number of hydrogen-bond donors (Lipinski definition) is 0. The Hall–Kier alpha value is -0.0800. The van der Waals surface area contributed by atoms with Gasteiger partial charge >= 0.3 is 0 Å². The third-order valence-electron chi connectivity index (χ3n) is 1.77. The van der Waals surface area contributed by atoms with Crippen LogP contribution in [0.4, 0.5) is 0 Å². The summed E-state index contributed by atoms with van der Waals surface area (Å²) in [5.41, 5.74) is 0. The van der Waals surface area contributed by atoms with Crippen LogP contribution in [-0.2, 0) is 9.47 Å². The molecule has 2 heteroatoms. The Kier molecular flexibility index (Phi) is 2.09. The van der Waals surface area contributed by atoms with Crippen molar-refractivity contribution in [2.45, 2.75) is 32.7 Å². The van der Waals surface area contributed by atoms with Crippen LogP contribution in [0.25, 0.3) is 0 Å². The highest BCUT2D eigenvalue weighted by Gasteiger charge is 2.28. The Balaban J connectivity index is 2.38. The minimum Gasteiger partial charge on any atom is -0.356 e. The third-order valence-corrected chi connectivity index (χ3v) is 1.77. The van der Waals surface area contributed by atoms with Crippen LogP contribution in [0.2, 0.25) is 0 Å². The Morgan fingerprint density at radius 3 is 2.33 bits per heavy atom. The second-order valence-electron chi connectivity index (χ2n) is 2.76. The first-order valence-electron chi connectivity index (χ1n) is 3.42. The lowest BCUT2D eigenvalue weighted by molar-refractivity contribution is -0.125. The zero-order valence-electron chi connectivity index (χ0n) is 6.26. The van der Waals surface area contributed by atoms with Crippen molar-refractivity contribution in [3.63, 3.8) is 0 Å². The molecule has 0 N–H and O–H groups in total. The van der Waals surface area contributed by atoms with Gasteiger partial charge < -0.3 is 9.47 Å². The monoisotopic (exact) mass is 130 g/mol. The van der Waals surface area contributed by atoms with Crippen LogP contribution >= 0.6 is 0 Å². The maximum absolute atomic E-state index is 5.40. The van der Waals surface area contributed by atoms with E-state index in [9.17, 15) is 0 Å². The Labute approximate surface area is 56.2 Å². The van der Waals surface area contributed by atoms with Gasteiger partial charge in [0, 0.05) is 13.0 Å². The average molecular weight is 130 g/mol. The summed E-state index contributed by atoms with van der Waals surface area (Å²) in [6.07, 6.45) is 1.54. The summed E-state index contributed by atoms with van der Waals surface area (Å²) in [5.74, 6) is 0.560. The maximum Gasteiger partial charge on any atom is 0.160 e. The van der Waals surface area contributed by atoms with Gasteiger partial charge in [-0.25, -0.2) is 0 Å². The molecule has 1 heterocycles. The molecule has 0 amide bonds. The molecule has 1 fully saturated rings. The van der Waals surface area contributed by atoms with Crippen molar-refractivity contribution in [3.05, 3.63) is 0 Å². The first-order chi connectivity index (χ1) is 4.24. The largest absolute Gasteiger partial charge is 0.356 e. The number of rotatable bonds is 1. The molecule has 0 saturated carbocycles. The summed E-state index contributed by atoms with van der Waals surface area (Å²) >= 11 is 0. The molecule has 0 radical (unpaired) electrons. The highest BCUT2D eigenvalue weighted by Crippen LogP contribution is 2.25. The van der Waals surface area contributed by atoms with Gasteiger partial charge in [0.1, 0.15) is 0 Å². The fraction of sp³-hybridized carbons (Fsp3) is 1.00. The van der Waals surface area contributed by atoms with Crippen molar-refractivity contribution in [2.24, 2.45) is 5.92 Å². The van der Waals surface area contributed by atoms with Gasteiger partial charge in [0.15, 0.2) is 6.29 Å². The molecule has 3 atom stereocenters. The van der Waals surface area contributed by atoms with Crippen molar-refractivity contribution >= 4 is 0 Å². The van der Waals surface area contributed by atoms with Crippen LogP contribution in [0.3, 0.4) is 0 Å². The minimum absolute atomic E-state index is 0.0417. The summed E-state index contributed by atoms with van der Waals surface area (Å²) in [6, 6.07) is 0. The van der Waals surface area contributed by atoms with E-state index in [1.54, 1.807) is 7.11 Å². The molecule has 1 rings (SSSR count). The average Bonchev–Trinajstić information content (AvgIpc) is 2.10. The van der Waals surface area contributed by atoms with Crippen LogP contribution in [0.1, 0.15) is 20.3 Å². The van der Waals surface area contributed by atoms with E-state index in [-0.39, 0.29) is 6.29 Å². The van der Waals surface area contributed by atoms with E-state index < -0.39 is 0 Å². The van der Waals surface area contributed by atoms with Crippen LogP contribution in [0, 0.1) is 5.92 Å². The van der Waals surface area contributed by atoms with Gasteiger partial charge in [0.2, 0.25) is 0 Å². The van der Waals surface area contributed by atoms with E-state index in [0.29, 0.717) is 12.0 Å². The summed E-state index contributed by atoms with van der Waals surface area (Å²) in [4.78, 5) is 0. The fourth-order valence-electron chi connectivity index (χ4n) is 1.34. The first-order valence-corrected chi connectivity index (χ1v) is 3.42. The molecule has 1 aliphatic rings. The topological polar surface area (TPSA) is 18.5 Å². The Bertz CT molecular complexity index is 92.9. The van der Waals surface area contributed by atoms with Gasteiger partial charge in [0.05, 0.1) is 6.10 Å². The standard InChI is InChI=1S/C7H14O2/c1-5-4-6(2)9-7(5)8-3/h5-7H,4H2,1-3H3/t5-,6+,7?/m0/s1. The lowest BCUT2D eigenvalue weighted by atomic mass is 10.1. The molecule has 1 unspecified atom stereocenters. The lowest BCUT2D eigenvalue weighted by Crippen LogP contribution is -2.15. The van der Waals surface area contributed by atoms with Crippen molar-refractivity contribution in [3.8, 4) is 0 Å². The van der Waals surface area contributed by atoms with E-state index in [1.165, 1.54) is 0 Å². The molecule has 2 nitrogen and oxygen atoms in total. The van der Waals surface area contributed by atoms with Gasteiger partial charge in [0.25, 0.3) is 0 Å². The van der Waals surface area contributed by atoms with E-state index >= 15 is 0 Å². The van der Waals surface area contributed by atoms with Crippen molar-refractivity contribution in [2.75, 3.05) is 7.11 Å². The van der Waals surface area contributed by atoms with Crippen molar-refractivity contribution in [1.29, 1.82) is 0 Å². The molecule has 0 aromatic rings. The molecule has 0 aliphatic carbocycles. The van der Waals surface area contributed by atoms with Gasteiger partial charge in [-0.3, -0.25) is 0 Å².